The van der Waals surface area contributed by atoms with Crippen molar-refractivity contribution in [3.63, 3.8) is 0 Å². The summed E-state index contributed by atoms with van der Waals surface area (Å²) in [5, 5.41) is 0.393. The molecule has 1 N–H and O–H groups in total. The van der Waals surface area contributed by atoms with Gasteiger partial charge in [-0.3, -0.25) is 4.72 Å². The summed E-state index contributed by atoms with van der Waals surface area (Å²) in [7, 11) is -3.82. The quantitative estimate of drug-likeness (QED) is 0.814. The van der Waals surface area contributed by atoms with Crippen LogP contribution in [0.3, 0.4) is 0 Å². The smallest absolute Gasteiger partial charge is 0.261 e. The monoisotopic (exact) mass is 397 g/mol. The number of benzene rings is 2. The highest BCUT2D eigenvalue weighted by Crippen LogP contribution is 2.27. The summed E-state index contributed by atoms with van der Waals surface area (Å²) < 4.78 is 39.9. The van der Waals surface area contributed by atoms with E-state index in [0.717, 1.165) is 6.07 Å². The summed E-state index contributed by atoms with van der Waals surface area (Å²) in [5.74, 6) is -0.484. The van der Waals surface area contributed by atoms with Crippen molar-refractivity contribution in [3.05, 3.63) is 56.7 Å². The average molecular weight is 399 g/mol. The van der Waals surface area contributed by atoms with E-state index in [1.54, 1.807) is 0 Å². The van der Waals surface area contributed by atoms with Gasteiger partial charge in [0.15, 0.2) is 0 Å². The molecule has 0 amide bonds. The van der Waals surface area contributed by atoms with Crippen molar-refractivity contribution in [1.82, 2.24) is 0 Å². The molecule has 2 aromatic carbocycles. The molecule has 0 radical (unpaired) electrons. The number of rotatable bonds is 3. The van der Waals surface area contributed by atoms with Crippen molar-refractivity contribution in [2.75, 3.05) is 4.72 Å². The first-order valence-corrected chi connectivity index (χ1v) is 8.26. The SMILES string of the molecule is O=S(=O)(Nc1ccc(F)c(Br)c1)c1ccc(Cl)c(Cl)c1. The van der Waals surface area contributed by atoms with Crippen LogP contribution in [-0.2, 0) is 10.0 Å². The van der Waals surface area contributed by atoms with Gasteiger partial charge in [0.05, 0.1) is 25.1 Å². The van der Waals surface area contributed by atoms with E-state index < -0.39 is 15.8 Å². The van der Waals surface area contributed by atoms with Crippen LogP contribution in [0.2, 0.25) is 10.0 Å². The fourth-order valence-corrected chi connectivity index (χ4v) is 3.23. The van der Waals surface area contributed by atoms with Gasteiger partial charge >= 0.3 is 0 Å². The number of hydrogen-bond donors (Lipinski definition) is 1. The number of anilines is 1. The molecule has 0 bridgehead atoms. The van der Waals surface area contributed by atoms with Gasteiger partial charge in [0, 0.05) is 0 Å². The molecule has 0 saturated heterocycles. The van der Waals surface area contributed by atoms with Crippen LogP contribution in [0.4, 0.5) is 10.1 Å². The molecule has 0 atom stereocenters. The van der Waals surface area contributed by atoms with Crippen molar-refractivity contribution >= 4 is 54.8 Å². The Bertz CT molecular complexity index is 768. The van der Waals surface area contributed by atoms with Crippen LogP contribution in [0.15, 0.2) is 45.8 Å². The van der Waals surface area contributed by atoms with Crippen LogP contribution in [0.1, 0.15) is 0 Å². The third-order valence-electron chi connectivity index (χ3n) is 2.37. The fourth-order valence-electron chi connectivity index (χ4n) is 1.42. The summed E-state index contributed by atoms with van der Waals surface area (Å²) >= 11 is 14.5. The summed E-state index contributed by atoms with van der Waals surface area (Å²) in [6.07, 6.45) is 0. The van der Waals surface area contributed by atoms with Crippen molar-refractivity contribution in [2.45, 2.75) is 4.90 Å². The minimum Gasteiger partial charge on any atom is -0.280 e. The van der Waals surface area contributed by atoms with Crippen LogP contribution in [0, 0.1) is 5.82 Å². The Labute approximate surface area is 133 Å². The molecule has 106 valence electrons. The lowest BCUT2D eigenvalue weighted by Crippen LogP contribution is -2.13. The molecule has 8 heteroatoms. The Morgan fingerprint density at radius 2 is 1.75 bits per heavy atom. The van der Waals surface area contributed by atoms with Crippen molar-refractivity contribution in [3.8, 4) is 0 Å². The molecule has 0 heterocycles. The van der Waals surface area contributed by atoms with Crippen LogP contribution in [0.25, 0.3) is 0 Å². The molecule has 0 spiro atoms. The summed E-state index contributed by atoms with van der Waals surface area (Å²) in [6, 6.07) is 7.75. The molecule has 0 saturated carbocycles. The van der Waals surface area contributed by atoms with Gasteiger partial charge in [-0.25, -0.2) is 12.8 Å². The average Bonchev–Trinajstić information content (AvgIpc) is 2.37. The normalized spacial score (nSPS) is 11.4. The molecule has 0 aliphatic carbocycles. The van der Waals surface area contributed by atoms with E-state index in [1.165, 1.54) is 30.3 Å². The molecular weight excluding hydrogens is 392 g/mol. The maximum Gasteiger partial charge on any atom is 0.261 e. The highest BCUT2D eigenvalue weighted by Gasteiger charge is 2.16. The third-order valence-corrected chi connectivity index (χ3v) is 5.10. The molecule has 20 heavy (non-hydrogen) atoms. The first-order chi connectivity index (χ1) is 9.29. The largest absolute Gasteiger partial charge is 0.280 e. The lowest BCUT2D eigenvalue weighted by molar-refractivity contribution is 0.601. The molecule has 0 aromatic heterocycles. The predicted molar refractivity (Wildman–Crippen MR) is 81.4 cm³/mol. The summed E-state index contributed by atoms with van der Waals surface area (Å²) in [6.45, 7) is 0. The number of halogens is 4. The van der Waals surface area contributed by atoms with E-state index in [9.17, 15) is 12.8 Å². The highest BCUT2D eigenvalue weighted by atomic mass is 79.9. The highest BCUT2D eigenvalue weighted by molar-refractivity contribution is 9.10. The van der Waals surface area contributed by atoms with Gasteiger partial charge in [0.2, 0.25) is 0 Å². The molecule has 2 aromatic rings. The maximum atomic E-state index is 13.1. The Kier molecular flexibility index (Phi) is 4.59. The van der Waals surface area contributed by atoms with Gasteiger partial charge in [0.1, 0.15) is 5.82 Å². The minimum absolute atomic E-state index is 0.0349. The first kappa shape index (κ1) is 15.6. The molecular formula is C12H7BrCl2FNO2S. The Morgan fingerprint density at radius 1 is 1.05 bits per heavy atom. The Balaban J connectivity index is 2.35. The second kappa shape index (κ2) is 5.89. The fraction of sp³-hybridized carbons (Fsp3) is 0. The molecule has 2 rings (SSSR count). The van der Waals surface area contributed by atoms with E-state index in [1.807, 2.05) is 0 Å². The zero-order valence-electron chi connectivity index (χ0n) is 9.70. The number of sulfonamides is 1. The molecule has 3 nitrogen and oxygen atoms in total. The second-order valence-electron chi connectivity index (χ2n) is 3.81. The molecule has 0 aliphatic rings. The topological polar surface area (TPSA) is 46.2 Å². The lowest BCUT2D eigenvalue weighted by Gasteiger charge is -2.09. The summed E-state index contributed by atoms with van der Waals surface area (Å²) in [5.41, 5.74) is 0.226. The first-order valence-electron chi connectivity index (χ1n) is 5.22. The van der Waals surface area contributed by atoms with Gasteiger partial charge in [-0.15, -0.1) is 0 Å². The van der Waals surface area contributed by atoms with E-state index in [-0.39, 0.29) is 25.1 Å². The van der Waals surface area contributed by atoms with Gasteiger partial charge in [-0.1, -0.05) is 23.2 Å². The van der Waals surface area contributed by atoms with Crippen molar-refractivity contribution in [1.29, 1.82) is 0 Å². The zero-order valence-corrected chi connectivity index (χ0v) is 13.6. The molecule has 0 unspecified atom stereocenters. The van der Waals surface area contributed by atoms with Crippen LogP contribution >= 0.6 is 39.1 Å². The molecule has 0 fully saturated rings. The van der Waals surface area contributed by atoms with E-state index in [2.05, 4.69) is 20.7 Å². The van der Waals surface area contributed by atoms with Crippen LogP contribution in [-0.4, -0.2) is 8.42 Å². The Hall–Kier alpha value is -0.820. The summed E-state index contributed by atoms with van der Waals surface area (Å²) in [4.78, 5) is -0.0349. The second-order valence-corrected chi connectivity index (χ2v) is 7.16. The maximum absolute atomic E-state index is 13.1. The van der Waals surface area contributed by atoms with Crippen molar-refractivity contribution < 1.29 is 12.8 Å². The Morgan fingerprint density at radius 3 is 2.35 bits per heavy atom. The van der Waals surface area contributed by atoms with Gasteiger partial charge in [0.25, 0.3) is 10.0 Å². The zero-order chi connectivity index (χ0) is 14.9. The van der Waals surface area contributed by atoms with Gasteiger partial charge < -0.3 is 0 Å². The van der Waals surface area contributed by atoms with Crippen LogP contribution in [0.5, 0.6) is 0 Å². The van der Waals surface area contributed by atoms with Crippen LogP contribution < -0.4 is 4.72 Å². The third kappa shape index (κ3) is 3.44. The van der Waals surface area contributed by atoms with E-state index in [4.69, 9.17) is 23.2 Å². The van der Waals surface area contributed by atoms with Gasteiger partial charge in [-0.2, -0.15) is 0 Å². The molecule has 0 aliphatic heterocycles. The number of hydrogen-bond acceptors (Lipinski definition) is 2. The van der Waals surface area contributed by atoms with E-state index in [0.29, 0.717) is 0 Å². The van der Waals surface area contributed by atoms with Crippen molar-refractivity contribution in [2.24, 2.45) is 0 Å². The van der Waals surface area contributed by atoms with E-state index >= 15 is 0 Å². The van der Waals surface area contributed by atoms with Gasteiger partial charge in [-0.05, 0) is 52.3 Å². The lowest BCUT2D eigenvalue weighted by atomic mass is 10.3. The standard InChI is InChI=1S/C12H7BrCl2FNO2S/c13-9-5-7(1-4-12(9)16)17-20(18,19)8-2-3-10(14)11(15)6-8/h1-6,17H. The number of nitrogens with one attached hydrogen (secondary N) is 1. The minimum atomic E-state index is -3.82. The predicted octanol–water partition coefficient (Wildman–Crippen LogP) is 4.70.